The molecule has 0 atom stereocenters. The third-order valence-corrected chi connectivity index (χ3v) is 5.55. The maximum atomic E-state index is 2.29. The van der Waals surface area contributed by atoms with Crippen molar-refractivity contribution in [2.45, 2.75) is 29.1 Å². The summed E-state index contributed by atoms with van der Waals surface area (Å²) in [6.07, 6.45) is 1.06. The maximum Gasteiger partial charge on any atom is 0.0160 e. The van der Waals surface area contributed by atoms with E-state index in [4.69, 9.17) is 0 Å². The molecule has 4 rings (SSSR count). The summed E-state index contributed by atoms with van der Waals surface area (Å²) < 4.78 is 0. The highest BCUT2D eigenvalue weighted by Crippen LogP contribution is 2.46. The Morgan fingerprint density at radius 2 is 1.27 bits per heavy atom. The second kappa shape index (κ2) is 5.66. The summed E-state index contributed by atoms with van der Waals surface area (Å²) in [5.74, 6) is 0.455. The first kappa shape index (κ1) is 13.7. The van der Waals surface area contributed by atoms with Gasteiger partial charge in [-0.2, -0.15) is 0 Å². The first-order valence-electron chi connectivity index (χ1n) is 7.72. The summed E-state index contributed by atoms with van der Waals surface area (Å²) in [4.78, 5) is 2.80. The van der Waals surface area contributed by atoms with Crippen LogP contribution in [-0.2, 0) is 6.42 Å². The summed E-state index contributed by atoms with van der Waals surface area (Å²) in [6, 6.07) is 26.6. The Bertz CT molecular complexity index is 757. The summed E-state index contributed by atoms with van der Waals surface area (Å²) >= 11 is 1.90. The lowest BCUT2D eigenvalue weighted by Gasteiger charge is -2.28. The second-order valence-electron chi connectivity index (χ2n) is 5.92. The smallest absolute Gasteiger partial charge is 0.0160 e. The molecule has 0 unspecified atom stereocenters. The van der Waals surface area contributed by atoms with E-state index in [1.807, 2.05) is 11.8 Å². The summed E-state index contributed by atoms with van der Waals surface area (Å²) in [5, 5.41) is 0. The zero-order chi connectivity index (χ0) is 14.9. The van der Waals surface area contributed by atoms with Crippen molar-refractivity contribution >= 4 is 11.8 Å². The Morgan fingerprint density at radius 1 is 0.727 bits per heavy atom. The van der Waals surface area contributed by atoms with Crippen LogP contribution in [0.15, 0.2) is 82.6 Å². The number of fused-ring (bicyclic) bond motifs is 2. The van der Waals surface area contributed by atoms with Gasteiger partial charge in [0, 0.05) is 15.7 Å². The minimum Gasteiger partial charge on any atom is -0.0895 e. The number of aryl methyl sites for hydroxylation is 1. The van der Waals surface area contributed by atoms with Crippen molar-refractivity contribution in [3.05, 3.63) is 95.1 Å². The van der Waals surface area contributed by atoms with Crippen molar-refractivity contribution in [3.8, 4) is 0 Å². The number of rotatable bonds is 2. The normalized spacial score (nSPS) is 13.5. The van der Waals surface area contributed by atoms with Crippen molar-refractivity contribution in [2.24, 2.45) is 0 Å². The quantitative estimate of drug-likeness (QED) is 0.573. The topological polar surface area (TPSA) is 0 Å². The van der Waals surface area contributed by atoms with E-state index in [-0.39, 0.29) is 0 Å². The van der Waals surface area contributed by atoms with Gasteiger partial charge in [-0.05, 0) is 42.2 Å². The predicted molar refractivity (Wildman–Crippen MR) is 93.7 cm³/mol. The van der Waals surface area contributed by atoms with Crippen molar-refractivity contribution < 1.29 is 0 Å². The largest absolute Gasteiger partial charge is 0.0895 e. The van der Waals surface area contributed by atoms with Gasteiger partial charge in [-0.3, -0.25) is 0 Å². The molecule has 0 nitrogen and oxygen atoms in total. The van der Waals surface area contributed by atoms with E-state index in [0.29, 0.717) is 5.92 Å². The highest BCUT2D eigenvalue weighted by Gasteiger charge is 2.25. The second-order valence-corrected chi connectivity index (χ2v) is 7.00. The Kier molecular flexibility index (Phi) is 3.51. The molecule has 0 bridgehead atoms. The highest BCUT2D eigenvalue weighted by molar-refractivity contribution is 7.99. The van der Waals surface area contributed by atoms with Gasteiger partial charge in [-0.25, -0.2) is 0 Å². The van der Waals surface area contributed by atoms with Crippen LogP contribution in [0, 0.1) is 6.92 Å². The third kappa shape index (κ3) is 2.46. The van der Waals surface area contributed by atoms with Crippen molar-refractivity contribution in [2.75, 3.05) is 0 Å². The molecule has 0 fully saturated rings. The summed E-state index contributed by atoms with van der Waals surface area (Å²) in [5.41, 5.74) is 5.66. The minimum atomic E-state index is 0.455. The average molecular weight is 302 g/mol. The molecule has 0 aromatic heterocycles. The lowest BCUT2D eigenvalue weighted by Crippen LogP contribution is -2.11. The van der Waals surface area contributed by atoms with Crippen LogP contribution in [0.4, 0.5) is 0 Å². The average Bonchev–Trinajstić information content (AvgIpc) is 2.56. The molecule has 3 aromatic rings. The van der Waals surface area contributed by atoms with Gasteiger partial charge in [-0.15, -0.1) is 0 Å². The molecule has 1 heteroatoms. The fourth-order valence-electron chi connectivity index (χ4n) is 3.19. The van der Waals surface area contributed by atoms with E-state index in [0.717, 1.165) is 6.42 Å². The standard InChI is InChI=1S/C21H18S/c1-15-10-12-16(13-11-15)14-19-17-6-2-4-8-20(17)22-21-9-5-3-7-18(19)21/h2-13,19H,14H2,1H3. The van der Waals surface area contributed by atoms with Crippen LogP contribution in [-0.4, -0.2) is 0 Å². The van der Waals surface area contributed by atoms with Crippen molar-refractivity contribution in [1.29, 1.82) is 0 Å². The first-order chi connectivity index (χ1) is 10.8. The first-order valence-corrected chi connectivity index (χ1v) is 8.54. The van der Waals surface area contributed by atoms with Gasteiger partial charge in [0.2, 0.25) is 0 Å². The molecule has 0 amide bonds. The molecule has 1 aliphatic rings. The Balaban J connectivity index is 1.79. The van der Waals surface area contributed by atoms with Crippen LogP contribution in [0.25, 0.3) is 0 Å². The number of benzene rings is 3. The predicted octanol–water partition coefficient (Wildman–Crippen LogP) is 5.83. The van der Waals surface area contributed by atoms with E-state index >= 15 is 0 Å². The lowest BCUT2D eigenvalue weighted by molar-refractivity contribution is 0.762. The third-order valence-electron chi connectivity index (χ3n) is 4.37. The van der Waals surface area contributed by atoms with Crippen molar-refractivity contribution in [3.63, 3.8) is 0 Å². The van der Waals surface area contributed by atoms with E-state index in [1.165, 1.54) is 32.0 Å². The molecule has 0 saturated carbocycles. The zero-order valence-corrected chi connectivity index (χ0v) is 13.4. The number of hydrogen-bond donors (Lipinski definition) is 0. The molecular weight excluding hydrogens is 284 g/mol. The van der Waals surface area contributed by atoms with E-state index in [1.54, 1.807) is 0 Å². The summed E-state index contributed by atoms with van der Waals surface area (Å²) in [6.45, 7) is 2.14. The van der Waals surface area contributed by atoms with E-state index in [2.05, 4.69) is 79.7 Å². The van der Waals surface area contributed by atoms with Gasteiger partial charge in [-0.1, -0.05) is 78.0 Å². The van der Waals surface area contributed by atoms with Gasteiger partial charge in [0.15, 0.2) is 0 Å². The van der Waals surface area contributed by atoms with Gasteiger partial charge in [0.05, 0.1) is 0 Å². The molecule has 3 aromatic carbocycles. The van der Waals surface area contributed by atoms with Crippen LogP contribution in [0.2, 0.25) is 0 Å². The Hall–Kier alpha value is -1.99. The zero-order valence-electron chi connectivity index (χ0n) is 12.6. The molecule has 1 aliphatic heterocycles. The molecule has 0 spiro atoms. The lowest BCUT2D eigenvalue weighted by atomic mass is 9.85. The molecule has 0 saturated heterocycles. The van der Waals surface area contributed by atoms with Crippen molar-refractivity contribution in [1.82, 2.24) is 0 Å². The molecular formula is C21H18S. The molecule has 0 N–H and O–H groups in total. The van der Waals surface area contributed by atoms with Gasteiger partial charge >= 0.3 is 0 Å². The Labute approximate surface area is 136 Å². The van der Waals surface area contributed by atoms with Crippen LogP contribution < -0.4 is 0 Å². The van der Waals surface area contributed by atoms with Crippen LogP contribution in [0.5, 0.6) is 0 Å². The summed E-state index contributed by atoms with van der Waals surface area (Å²) in [7, 11) is 0. The van der Waals surface area contributed by atoms with Crippen LogP contribution in [0.3, 0.4) is 0 Å². The molecule has 22 heavy (non-hydrogen) atoms. The van der Waals surface area contributed by atoms with Crippen LogP contribution >= 0.6 is 11.8 Å². The van der Waals surface area contributed by atoms with Gasteiger partial charge < -0.3 is 0 Å². The van der Waals surface area contributed by atoms with Gasteiger partial charge in [0.25, 0.3) is 0 Å². The fourth-order valence-corrected chi connectivity index (χ4v) is 4.37. The Morgan fingerprint density at radius 3 is 1.86 bits per heavy atom. The monoisotopic (exact) mass is 302 g/mol. The molecule has 0 aliphatic carbocycles. The molecule has 0 radical (unpaired) electrons. The SMILES string of the molecule is Cc1ccc(CC2c3ccccc3Sc3ccccc32)cc1. The van der Waals surface area contributed by atoms with E-state index < -0.39 is 0 Å². The molecule has 108 valence electrons. The highest BCUT2D eigenvalue weighted by atomic mass is 32.2. The van der Waals surface area contributed by atoms with E-state index in [9.17, 15) is 0 Å². The van der Waals surface area contributed by atoms with Crippen LogP contribution in [0.1, 0.15) is 28.2 Å². The molecule has 1 heterocycles. The maximum absolute atomic E-state index is 2.29. The van der Waals surface area contributed by atoms with Gasteiger partial charge in [0.1, 0.15) is 0 Å². The fraction of sp³-hybridized carbons (Fsp3) is 0.143. The minimum absolute atomic E-state index is 0.455. The number of hydrogen-bond acceptors (Lipinski definition) is 1.